The number of rotatable bonds is 5. The summed E-state index contributed by atoms with van der Waals surface area (Å²) in [5, 5.41) is 0. The van der Waals surface area contributed by atoms with E-state index < -0.39 is 43.2 Å². The van der Waals surface area contributed by atoms with Crippen LogP contribution in [0.5, 0.6) is 0 Å². The Morgan fingerprint density at radius 3 is 2.57 bits per heavy atom. The molecular weight excluding hydrogens is 335 g/mol. The van der Waals surface area contributed by atoms with Crippen molar-refractivity contribution in [1.29, 1.82) is 0 Å². The molecule has 0 saturated carbocycles. The number of thioether (sulfide) groups is 1. The van der Waals surface area contributed by atoms with Crippen LogP contribution in [0, 0.1) is 5.92 Å². The fraction of sp³-hybridized carbons (Fsp3) is 0.769. The van der Waals surface area contributed by atoms with E-state index in [9.17, 15) is 27.6 Å². The predicted octanol–water partition coefficient (Wildman–Crippen LogP) is 1.37. The summed E-state index contributed by atoms with van der Waals surface area (Å²) in [5.41, 5.74) is 0. The minimum Gasteiger partial charge on any atom is -0.332 e. The zero-order valence-electron chi connectivity index (χ0n) is 12.8. The second-order valence-corrected chi connectivity index (χ2v) is 6.98. The number of nitrogens with zero attached hydrogens (tertiary/aromatic N) is 3. The molecule has 0 spiro atoms. The molecule has 2 heterocycles. The van der Waals surface area contributed by atoms with E-state index in [1.165, 1.54) is 16.7 Å². The predicted molar refractivity (Wildman–Crippen MR) is 77.5 cm³/mol. The molecule has 0 aromatic heterocycles. The van der Waals surface area contributed by atoms with Crippen LogP contribution >= 0.6 is 11.8 Å². The lowest BCUT2D eigenvalue weighted by atomic mass is 10.2. The van der Waals surface area contributed by atoms with Crippen LogP contribution in [0.2, 0.25) is 0 Å². The van der Waals surface area contributed by atoms with Gasteiger partial charge in [-0.05, 0) is 5.92 Å². The third-order valence-electron chi connectivity index (χ3n) is 3.51. The Balaban J connectivity index is 2.06. The van der Waals surface area contributed by atoms with Crippen LogP contribution in [0.1, 0.15) is 13.8 Å². The molecule has 0 aromatic carbocycles. The fourth-order valence-corrected chi connectivity index (χ4v) is 3.70. The van der Waals surface area contributed by atoms with Gasteiger partial charge in [-0.1, -0.05) is 13.8 Å². The van der Waals surface area contributed by atoms with Crippen molar-refractivity contribution >= 4 is 29.6 Å². The first-order valence-electron chi connectivity index (χ1n) is 7.14. The summed E-state index contributed by atoms with van der Waals surface area (Å²) in [5.74, 6) is -0.728. The van der Waals surface area contributed by atoms with Crippen molar-refractivity contribution < 1.29 is 27.6 Å². The number of carbonyl (C=O) groups is 3. The van der Waals surface area contributed by atoms with Crippen LogP contribution in [0.25, 0.3) is 0 Å². The smallest absolute Gasteiger partial charge is 0.332 e. The zero-order valence-corrected chi connectivity index (χ0v) is 13.6. The number of halogens is 3. The second-order valence-electron chi connectivity index (χ2n) is 5.98. The number of alkyl halides is 3. The Kier molecular flexibility index (Phi) is 5.12. The highest BCUT2D eigenvalue weighted by Gasteiger charge is 2.48. The Bertz CT molecular complexity index is 490. The quantitative estimate of drug-likeness (QED) is 0.701. The molecule has 4 amide bonds. The summed E-state index contributed by atoms with van der Waals surface area (Å²) < 4.78 is 37.9. The molecule has 0 bridgehead atoms. The van der Waals surface area contributed by atoms with Crippen molar-refractivity contribution in [3.63, 3.8) is 0 Å². The minimum absolute atomic E-state index is 0.0858. The standard InChI is InChI=1S/C13H18F3N3O3S/c1-8(2)3-17(6-13(14,15)16)10(20)4-18-11(21)9-5-23-7-19(9)12(18)22/h8-9H,3-7H2,1-2H3/t9-/m1/s1. The largest absolute Gasteiger partial charge is 0.406 e. The average molecular weight is 353 g/mol. The minimum atomic E-state index is -4.53. The monoisotopic (exact) mass is 353 g/mol. The number of fused-ring (bicyclic) bond motifs is 1. The van der Waals surface area contributed by atoms with Gasteiger partial charge in [-0.25, -0.2) is 4.79 Å². The molecule has 130 valence electrons. The molecular formula is C13H18F3N3O3S. The first-order chi connectivity index (χ1) is 10.6. The maximum atomic E-state index is 12.6. The normalized spacial score (nSPS) is 21.4. The Morgan fingerprint density at radius 2 is 2.04 bits per heavy atom. The highest BCUT2D eigenvalue weighted by molar-refractivity contribution is 7.99. The first-order valence-corrected chi connectivity index (χ1v) is 8.30. The van der Waals surface area contributed by atoms with E-state index in [1.807, 2.05) is 0 Å². The van der Waals surface area contributed by atoms with Gasteiger partial charge in [-0.2, -0.15) is 13.2 Å². The van der Waals surface area contributed by atoms with Gasteiger partial charge in [0.15, 0.2) is 0 Å². The number of hydrogen-bond acceptors (Lipinski definition) is 4. The van der Waals surface area contributed by atoms with Crippen molar-refractivity contribution in [2.75, 3.05) is 31.3 Å². The topological polar surface area (TPSA) is 60.9 Å². The number of urea groups is 1. The van der Waals surface area contributed by atoms with Gasteiger partial charge in [0.05, 0.1) is 5.88 Å². The third kappa shape index (κ3) is 4.10. The SMILES string of the molecule is CC(C)CN(CC(F)(F)F)C(=O)CN1C(=O)[C@H]2CSCN2C1=O. The van der Waals surface area contributed by atoms with Gasteiger partial charge in [0.1, 0.15) is 19.1 Å². The van der Waals surface area contributed by atoms with Crippen LogP contribution in [-0.2, 0) is 9.59 Å². The molecule has 23 heavy (non-hydrogen) atoms. The van der Waals surface area contributed by atoms with E-state index in [0.717, 1.165) is 4.90 Å². The number of hydrogen-bond donors (Lipinski definition) is 0. The van der Waals surface area contributed by atoms with E-state index in [-0.39, 0.29) is 12.5 Å². The lowest BCUT2D eigenvalue weighted by Gasteiger charge is -2.27. The van der Waals surface area contributed by atoms with Gasteiger partial charge >= 0.3 is 12.2 Å². The third-order valence-corrected chi connectivity index (χ3v) is 4.52. The molecule has 0 unspecified atom stereocenters. The van der Waals surface area contributed by atoms with Gasteiger partial charge in [-0.15, -0.1) is 11.8 Å². The van der Waals surface area contributed by atoms with E-state index >= 15 is 0 Å². The van der Waals surface area contributed by atoms with Crippen LogP contribution in [-0.4, -0.2) is 76.0 Å². The summed E-state index contributed by atoms with van der Waals surface area (Å²) >= 11 is 1.43. The van der Waals surface area contributed by atoms with Gasteiger partial charge in [0.25, 0.3) is 5.91 Å². The van der Waals surface area contributed by atoms with Gasteiger partial charge in [-0.3, -0.25) is 14.5 Å². The summed E-state index contributed by atoms with van der Waals surface area (Å²) in [7, 11) is 0. The molecule has 2 fully saturated rings. The molecule has 2 aliphatic heterocycles. The summed E-state index contributed by atoms with van der Waals surface area (Å²) in [6.45, 7) is 1.27. The van der Waals surface area contributed by atoms with Crippen molar-refractivity contribution in [2.45, 2.75) is 26.1 Å². The van der Waals surface area contributed by atoms with Crippen LogP contribution in [0.4, 0.5) is 18.0 Å². The highest BCUT2D eigenvalue weighted by atomic mass is 32.2. The van der Waals surface area contributed by atoms with Gasteiger partial charge in [0.2, 0.25) is 5.91 Å². The van der Waals surface area contributed by atoms with Crippen LogP contribution in [0.15, 0.2) is 0 Å². The van der Waals surface area contributed by atoms with E-state index in [0.29, 0.717) is 16.5 Å². The van der Waals surface area contributed by atoms with Crippen LogP contribution < -0.4 is 0 Å². The molecule has 2 saturated heterocycles. The molecule has 1 atom stereocenters. The van der Waals surface area contributed by atoms with E-state index in [2.05, 4.69) is 0 Å². The number of imide groups is 1. The molecule has 0 aliphatic carbocycles. The Morgan fingerprint density at radius 1 is 1.39 bits per heavy atom. The van der Waals surface area contributed by atoms with Crippen molar-refractivity contribution in [1.82, 2.24) is 14.7 Å². The van der Waals surface area contributed by atoms with E-state index in [4.69, 9.17) is 0 Å². The van der Waals surface area contributed by atoms with Gasteiger partial charge in [0, 0.05) is 12.3 Å². The fourth-order valence-electron chi connectivity index (χ4n) is 2.56. The molecule has 10 heteroatoms. The van der Waals surface area contributed by atoms with Crippen molar-refractivity contribution in [2.24, 2.45) is 5.92 Å². The lowest BCUT2D eigenvalue weighted by Crippen LogP contribution is -2.47. The van der Waals surface area contributed by atoms with Gasteiger partial charge < -0.3 is 9.80 Å². The average Bonchev–Trinajstić information content (AvgIpc) is 2.96. The summed E-state index contributed by atoms with van der Waals surface area (Å²) in [6.07, 6.45) is -4.53. The van der Waals surface area contributed by atoms with E-state index in [1.54, 1.807) is 13.8 Å². The van der Waals surface area contributed by atoms with Crippen molar-refractivity contribution in [3.8, 4) is 0 Å². The number of carbonyl (C=O) groups excluding carboxylic acids is 3. The summed E-state index contributed by atoms with van der Waals surface area (Å²) in [4.78, 5) is 39.1. The maximum Gasteiger partial charge on any atom is 0.406 e. The Hall–Kier alpha value is -1.45. The Labute approximate surface area is 135 Å². The first kappa shape index (κ1) is 17.9. The molecule has 0 N–H and O–H groups in total. The molecule has 6 nitrogen and oxygen atoms in total. The lowest BCUT2D eigenvalue weighted by molar-refractivity contribution is -0.162. The molecule has 0 radical (unpaired) electrons. The highest BCUT2D eigenvalue weighted by Crippen LogP contribution is 2.29. The van der Waals surface area contributed by atoms with Crippen LogP contribution in [0.3, 0.4) is 0 Å². The zero-order chi connectivity index (χ0) is 17.4. The molecule has 2 aliphatic rings. The van der Waals surface area contributed by atoms with Crippen molar-refractivity contribution in [3.05, 3.63) is 0 Å². The number of amides is 4. The maximum absolute atomic E-state index is 12.6. The molecule has 2 rings (SSSR count). The second kappa shape index (κ2) is 6.58. The molecule has 0 aromatic rings. The summed E-state index contributed by atoms with van der Waals surface area (Å²) in [6, 6.07) is -1.20.